The van der Waals surface area contributed by atoms with E-state index in [0.717, 1.165) is 5.56 Å². The first-order valence-electron chi connectivity index (χ1n) is 5.66. The van der Waals surface area contributed by atoms with Gasteiger partial charge in [0.2, 0.25) is 0 Å². The zero-order valence-electron chi connectivity index (χ0n) is 9.68. The number of halogens is 2. The monoisotopic (exact) mass is 265 g/mol. The Hall–Kier alpha value is -1.45. The van der Waals surface area contributed by atoms with Gasteiger partial charge in [0, 0.05) is 18.8 Å². The molecule has 0 aliphatic rings. The maximum atomic E-state index is 13.6. The smallest absolute Gasteiger partial charge is 0.145 e. The lowest BCUT2D eigenvalue weighted by Gasteiger charge is -2.11. The third-order valence-electron chi connectivity index (χ3n) is 2.71. The number of aliphatic hydroxyl groups excluding tert-OH is 1. The number of aliphatic hydroxyl groups is 1. The van der Waals surface area contributed by atoms with Gasteiger partial charge in [0.1, 0.15) is 5.82 Å². The van der Waals surface area contributed by atoms with Crippen LogP contribution in [0.25, 0.3) is 0 Å². The first-order chi connectivity index (χ1) is 8.66. The van der Waals surface area contributed by atoms with Gasteiger partial charge in [-0.05, 0) is 35.7 Å². The van der Waals surface area contributed by atoms with E-state index in [1.165, 1.54) is 6.07 Å². The summed E-state index contributed by atoms with van der Waals surface area (Å²) in [5.41, 5.74) is 1.41. The van der Waals surface area contributed by atoms with Gasteiger partial charge in [-0.25, -0.2) is 4.39 Å². The summed E-state index contributed by atoms with van der Waals surface area (Å²) in [6.45, 7) is 0. The average molecular weight is 266 g/mol. The number of hydrogen-bond acceptors (Lipinski definition) is 2. The quantitative estimate of drug-likeness (QED) is 0.922. The molecule has 1 aromatic carbocycles. The normalized spacial score (nSPS) is 12.4. The first-order valence-corrected chi connectivity index (χ1v) is 6.04. The highest BCUT2D eigenvalue weighted by atomic mass is 35.5. The molecule has 1 aromatic heterocycles. The van der Waals surface area contributed by atoms with Crippen molar-refractivity contribution in [3.05, 3.63) is 64.7 Å². The highest BCUT2D eigenvalue weighted by molar-refractivity contribution is 6.30. The van der Waals surface area contributed by atoms with E-state index in [4.69, 9.17) is 11.6 Å². The van der Waals surface area contributed by atoms with Gasteiger partial charge in [-0.3, -0.25) is 4.98 Å². The van der Waals surface area contributed by atoms with Gasteiger partial charge >= 0.3 is 0 Å². The van der Waals surface area contributed by atoms with Crippen LogP contribution in [0.3, 0.4) is 0 Å². The molecule has 1 unspecified atom stereocenters. The van der Waals surface area contributed by atoms with Gasteiger partial charge in [-0.1, -0.05) is 23.7 Å². The Morgan fingerprint density at radius 3 is 2.61 bits per heavy atom. The van der Waals surface area contributed by atoms with E-state index in [0.29, 0.717) is 12.0 Å². The number of pyridine rings is 1. The second-order valence-electron chi connectivity index (χ2n) is 4.13. The highest BCUT2D eigenvalue weighted by Crippen LogP contribution is 2.19. The molecule has 1 heterocycles. The summed E-state index contributed by atoms with van der Waals surface area (Å²) in [6.07, 6.45) is 3.41. The van der Waals surface area contributed by atoms with Gasteiger partial charge in [0.05, 0.1) is 11.1 Å². The Balaban J connectivity index is 2.03. The molecule has 0 saturated heterocycles. The van der Waals surface area contributed by atoms with Gasteiger partial charge in [0.15, 0.2) is 0 Å². The minimum absolute atomic E-state index is 0.0867. The number of benzene rings is 1. The number of rotatable bonds is 4. The van der Waals surface area contributed by atoms with Crippen molar-refractivity contribution < 1.29 is 9.50 Å². The van der Waals surface area contributed by atoms with Crippen LogP contribution in [0.1, 0.15) is 11.1 Å². The molecule has 1 atom stereocenters. The molecule has 0 bridgehead atoms. The summed E-state index contributed by atoms with van der Waals surface area (Å²) in [7, 11) is 0. The van der Waals surface area contributed by atoms with Crippen LogP contribution in [-0.2, 0) is 12.8 Å². The predicted molar refractivity (Wildman–Crippen MR) is 69.1 cm³/mol. The van der Waals surface area contributed by atoms with Crippen molar-refractivity contribution in [1.29, 1.82) is 0 Å². The Morgan fingerprint density at radius 1 is 1.17 bits per heavy atom. The first kappa shape index (κ1) is 13.0. The number of aromatic nitrogens is 1. The van der Waals surface area contributed by atoms with Crippen LogP contribution in [0.5, 0.6) is 0 Å². The van der Waals surface area contributed by atoms with Crippen molar-refractivity contribution in [1.82, 2.24) is 4.98 Å². The third kappa shape index (κ3) is 3.28. The lowest BCUT2D eigenvalue weighted by Crippen LogP contribution is -2.15. The van der Waals surface area contributed by atoms with E-state index in [1.807, 2.05) is 12.1 Å². The highest BCUT2D eigenvalue weighted by Gasteiger charge is 2.12. The second kappa shape index (κ2) is 5.94. The van der Waals surface area contributed by atoms with Crippen molar-refractivity contribution in [3.8, 4) is 0 Å². The molecule has 2 aromatic rings. The van der Waals surface area contributed by atoms with E-state index in [-0.39, 0.29) is 11.4 Å². The minimum atomic E-state index is -0.639. The summed E-state index contributed by atoms with van der Waals surface area (Å²) >= 11 is 5.69. The molecular weight excluding hydrogens is 253 g/mol. The summed E-state index contributed by atoms with van der Waals surface area (Å²) in [4.78, 5) is 3.90. The van der Waals surface area contributed by atoms with E-state index in [2.05, 4.69) is 4.98 Å². The fourth-order valence-corrected chi connectivity index (χ4v) is 2.02. The molecule has 18 heavy (non-hydrogen) atoms. The van der Waals surface area contributed by atoms with Crippen LogP contribution in [0.2, 0.25) is 5.02 Å². The molecule has 0 radical (unpaired) electrons. The molecule has 94 valence electrons. The predicted octanol–water partition coefficient (Wildman–Crippen LogP) is 3.02. The largest absolute Gasteiger partial charge is 0.392 e. The second-order valence-corrected chi connectivity index (χ2v) is 4.54. The Morgan fingerprint density at radius 2 is 1.89 bits per heavy atom. The molecule has 0 amide bonds. The molecule has 1 N–H and O–H groups in total. The van der Waals surface area contributed by atoms with Gasteiger partial charge in [0.25, 0.3) is 0 Å². The minimum Gasteiger partial charge on any atom is -0.392 e. The average Bonchev–Trinajstić information content (AvgIpc) is 2.36. The van der Waals surface area contributed by atoms with E-state index >= 15 is 0 Å². The van der Waals surface area contributed by atoms with Crippen molar-refractivity contribution in [2.75, 3.05) is 0 Å². The van der Waals surface area contributed by atoms with Crippen LogP contribution < -0.4 is 0 Å². The summed E-state index contributed by atoms with van der Waals surface area (Å²) in [6, 6.07) is 8.47. The van der Waals surface area contributed by atoms with E-state index < -0.39 is 11.9 Å². The maximum absolute atomic E-state index is 13.6. The molecule has 2 nitrogen and oxygen atoms in total. The van der Waals surface area contributed by atoms with Crippen molar-refractivity contribution in [2.45, 2.75) is 18.9 Å². The van der Waals surface area contributed by atoms with E-state index in [1.54, 1.807) is 24.5 Å². The standard InChI is InChI=1S/C14H13ClFNO/c15-13-3-1-2-11(14(13)16)9-12(18)8-10-4-6-17-7-5-10/h1-7,12,18H,8-9H2. The Labute approximate surface area is 110 Å². The van der Waals surface area contributed by atoms with Crippen molar-refractivity contribution >= 4 is 11.6 Å². The van der Waals surface area contributed by atoms with Crippen LogP contribution in [0.4, 0.5) is 4.39 Å². The molecule has 0 spiro atoms. The van der Waals surface area contributed by atoms with Gasteiger partial charge in [-0.15, -0.1) is 0 Å². The Kier molecular flexibility index (Phi) is 4.28. The van der Waals surface area contributed by atoms with Crippen molar-refractivity contribution in [3.63, 3.8) is 0 Å². The summed E-state index contributed by atoms with van der Waals surface area (Å²) < 4.78 is 13.6. The zero-order valence-corrected chi connectivity index (χ0v) is 10.4. The number of hydrogen-bond donors (Lipinski definition) is 1. The van der Waals surface area contributed by atoms with Crippen molar-refractivity contribution in [2.24, 2.45) is 0 Å². The lowest BCUT2D eigenvalue weighted by molar-refractivity contribution is 0.174. The van der Waals surface area contributed by atoms with E-state index in [9.17, 15) is 9.50 Å². The van der Waals surface area contributed by atoms with Crippen LogP contribution in [0.15, 0.2) is 42.7 Å². The maximum Gasteiger partial charge on any atom is 0.145 e. The van der Waals surface area contributed by atoms with Gasteiger partial charge in [-0.2, -0.15) is 0 Å². The molecule has 4 heteroatoms. The molecular formula is C14H13ClFNO. The van der Waals surface area contributed by atoms with Crippen LogP contribution >= 0.6 is 11.6 Å². The molecule has 0 aliphatic heterocycles. The third-order valence-corrected chi connectivity index (χ3v) is 3.00. The topological polar surface area (TPSA) is 33.1 Å². The zero-order chi connectivity index (χ0) is 13.0. The SMILES string of the molecule is OC(Cc1ccncc1)Cc1cccc(Cl)c1F. The fraction of sp³-hybridized carbons (Fsp3) is 0.214. The fourth-order valence-electron chi connectivity index (χ4n) is 1.82. The molecule has 0 aliphatic carbocycles. The lowest BCUT2D eigenvalue weighted by atomic mass is 10.0. The van der Waals surface area contributed by atoms with Crippen LogP contribution in [0, 0.1) is 5.82 Å². The molecule has 2 rings (SSSR count). The Bertz CT molecular complexity index is 518. The molecule has 0 fully saturated rings. The molecule has 0 saturated carbocycles. The number of nitrogens with zero attached hydrogens (tertiary/aromatic N) is 1. The summed E-state index contributed by atoms with van der Waals surface area (Å²) in [5.74, 6) is -0.451. The van der Waals surface area contributed by atoms with Gasteiger partial charge < -0.3 is 5.11 Å². The summed E-state index contributed by atoms with van der Waals surface area (Å²) in [5, 5.41) is 10.0. The van der Waals surface area contributed by atoms with Crippen LogP contribution in [-0.4, -0.2) is 16.2 Å².